The van der Waals surface area contributed by atoms with E-state index in [1.54, 1.807) is 4.90 Å². The lowest BCUT2D eigenvalue weighted by Gasteiger charge is -2.17. The first-order chi connectivity index (χ1) is 9.42. The Labute approximate surface area is 121 Å². The van der Waals surface area contributed by atoms with Crippen LogP contribution in [0.2, 0.25) is 0 Å². The second kappa shape index (κ2) is 4.93. The predicted octanol–water partition coefficient (Wildman–Crippen LogP) is 1.54. The van der Waals surface area contributed by atoms with Crippen LogP contribution in [-0.2, 0) is 20.3 Å². The molecule has 0 aromatic heterocycles. The van der Waals surface area contributed by atoms with Crippen molar-refractivity contribution < 1.29 is 17.9 Å². The summed E-state index contributed by atoms with van der Waals surface area (Å²) >= 11 is 0. The van der Waals surface area contributed by atoms with Crippen LogP contribution in [-0.4, -0.2) is 33.2 Å². The van der Waals surface area contributed by atoms with E-state index in [1.807, 2.05) is 18.2 Å². The van der Waals surface area contributed by atoms with Gasteiger partial charge in [-0.25, -0.2) is 8.42 Å². The lowest BCUT2D eigenvalue weighted by molar-refractivity contribution is -0.117. The summed E-state index contributed by atoms with van der Waals surface area (Å²) in [6.07, 6.45) is 1.06. The van der Waals surface area contributed by atoms with Crippen molar-refractivity contribution in [2.24, 2.45) is 5.92 Å². The molecule has 1 aromatic rings. The van der Waals surface area contributed by atoms with Crippen LogP contribution in [0.1, 0.15) is 12.0 Å². The van der Waals surface area contributed by atoms with Crippen molar-refractivity contribution in [2.75, 3.05) is 23.8 Å². The van der Waals surface area contributed by atoms with Gasteiger partial charge in [0.25, 0.3) is 0 Å². The monoisotopic (exact) mass is 315 g/mol. The summed E-state index contributed by atoms with van der Waals surface area (Å²) in [4.78, 5) is 13.7. The maximum absolute atomic E-state index is 12.0. The standard InChI is InChI=1S/C13H14ClNO4S/c14-20(17,18)8-9-5-13(16)15(7-9)11-1-2-12-10(6-11)3-4-19-12/h1-2,6,9H,3-5,7-8H2. The number of benzene rings is 1. The maximum atomic E-state index is 12.0. The zero-order valence-electron chi connectivity index (χ0n) is 10.7. The molecule has 2 aliphatic heterocycles. The second-order valence-corrected chi connectivity index (χ2v) is 7.99. The summed E-state index contributed by atoms with van der Waals surface area (Å²) < 4.78 is 27.6. The van der Waals surface area contributed by atoms with Crippen LogP contribution in [0, 0.1) is 5.92 Å². The Morgan fingerprint density at radius 3 is 2.95 bits per heavy atom. The van der Waals surface area contributed by atoms with Gasteiger partial charge >= 0.3 is 0 Å². The van der Waals surface area contributed by atoms with Gasteiger partial charge in [-0.3, -0.25) is 4.79 Å². The molecular formula is C13H14ClNO4S. The van der Waals surface area contributed by atoms with Gasteiger partial charge in [-0.2, -0.15) is 0 Å². The van der Waals surface area contributed by atoms with Gasteiger partial charge in [-0.1, -0.05) is 0 Å². The molecule has 1 aromatic carbocycles. The highest BCUT2D eigenvalue weighted by molar-refractivity contribution is 8.13. The fourth-order valence-corrected chi connectivity index (χ4v) is 4.09. The van der Waals surface area contributed by atoms with Crippen LogP contribution in [0.3, 0.4) is 0 Å². The Bertz CT molecular complexity index is 658. The molecule has 2 heterocycles. The van der Waals surface area contributed by atoms with Crippen LogP contribution in [0.15, 0.2) is 18.2 Å². The number of carbonyl (C=O) groups is 1. The molecule has 5 nitrogen and oxygen atoms in total. The topological polar surface area (TPSA) is 63.7 Å². The number of anilines is 1. The zero-order valence-corrected chi connectivity index (χ0v) is 12.3. The number of ether oxygens (including phenoxy) is 1. The third-order valence-corrected chi connectivity index (χ3v) is 4.87. The van der Waals surface area contributed by atoms with Gasteiger partial charge < -0.3 is 9.64 Å². The summed E-state index contributed by atoms with van der Waals surface area (Å²) in [6, 6.07) is 5.63. The number of hydrogen-bond donors (Lipinski definition) is 0. The largest absolute Gasteiger partial charge is 0.493 e. The van der Waals surface area contributed by atoms with E-state index in [2.05, 4.69) is 0 Å². The minimum absolute atomic E-state index is 0.0609. The van der Waals surface area contributed by atoms with Gasteiger partial charge in [0.2, 0.25) is 15.0 Å². The molecule has 0 spiro atoms. The molecule has 0 radical (unpaired) electrons. The van der Waals surface area contributed by atoms with E-state index < -0.39 is 9.05 Å². The SMILES string of the molecule is O=C1CC(CS(=O)(=O)Cl)CN1c1ccc2c(c1)CCO2. The third kappa shape index (κ3) is 2.76. The molecule has 0 N–H and O–H groups in total. The molecule has 0 aliphatic carbocycles. The van der Waals surface area contributed by atoms with Crippen LogP contribution < -0.4 is 9.64 Å². The molecule has 20 heavy (non-hydrogen) atoms. The number of hydrogen-bond acceptors (Lipinski definition) is 4. The Morgan fingerprint density at radius 2 is 2.20 bits per heavy atom. The number of amides is 1. The lowest BCUT2D eigenvalue weighted by atomic mass is 10.1. The van der Waals surface area contributed by atoms with Crippen molar-refractivity contribution in [3.8, 4) is 5.75 Å². The first-order valence-corrected chi connectivity index (χ1v) is 8.89. The van der Waals surface area contributed by atoms with E-state index in [9.17, 15) is 13.2 Å². The Morgan fingerprint density at radius 1 is 1.40 bits per heavy atom. The molecule has 1 fully saturated rings. The van der Waals surface area contributed by atoms with E-state index in [0.29, 0.717) is 13.2 Å². The smallest absolute Gasteiger partial charge is 0.232 e. The number of carbonyl (C=O) groups excluding carboxylic acids is 1. The summed E-state index contributed by atoms with van der Waals surface area (Å²) in [7, 11) is 1.68. The van der Waals surface area contributed by atoms with E-state index >= 15 is 0 Å². The Hall–Kier alpha value is -1.27. The Balaban J connectivity index is 1.79. The van der Waals surface area contributed by atoms with Crippen LogP contribution in [0.4, 0.5) is 5.69 Å². The molecule has 3 rings (SSSR count). The second-order valence-electron chi connectivity index (χ2n) is 5.17. The minimum atomic E-state index is -3.57. The number of halogens is 1. The van der Waals surface area contributed by atoms with Crippen molar-refractivity contribution in [2.45, 2.75) is 12.8 Å². The quantitative estimate of drug-likeness (QED) is 0.794. The third-order valence-electron chi connectivity index (χ3n) is 3.62. The van der Waals surface area contributed by atoms with Crippen molar-refractivity contribution in [1.82, 2.24) is 0 Å². The molecule has 0 bridgehead atoms. The van der Waals surface area contributed by atoms with E-state index in [1.165, 1.54) is 0 Å². The minimum Gasteiger partial charge on any atom is -0.493 e. The molecule has 1 amide bonds. The molecule has 1 atom stereocenters. The van der Waals surface area contributed by atoms with E-state index in [0.717, 1.165) is 23.4 Å². The molecule has 0 saturated carbocycles. The van der Waals surface area contributed by atoms with Gasteiger partial charge in [-0.15, -0.1) is 0 Å². The summed E-state index contributed by atoms with van der Waals surface area (Å²) in [5, 5.41) is 0. The highest BCUT2D eigenvalue weighted by atomic mass is 35.7. The van der Waals surface area contributed by atoms with Crippen LogP contribution in [0.25, 0.3) is 0 Å². The van der Waals surface area contributed by atoms with Gasteiger partial charge in [0, 0.05) is 41.7 Å². The summed E-state index contributed by atoms with van der Waals surface area (Å²) in [5.74, 6) is 0.397. The van der Waals surface area contributed by atoms with Crippen molar-refractivity contribution in [1.29, 1.82) is 0 Å². The average molecular weight is 316 g/mol. The van der Waals surface area contributed by atoms with Crippen LogP contribution in [0.5, 0.6) is 5.75 Å². The fraction of sp³-hybridized carbons (Fsp3) is 0.462. The summed E-state index contributed by atoms with van der Waals surface area (Å²) in [5.41, 5.74) is 1.89. The van der Waals surface area contributed by atoms with Gasteiger partial charge in [0.1, 0.15) is 5.75 Å². The highest BCUT2D eigenvalue weighted by Gasteiger charge is 2.33. The zero-order chi connectivity index (χ0) is 14.3. The van der Waals surface area contributed by atoms with Gasteiger partial charge in [0.15, 0.2) is 0 Å². The van der Waals surface area contributed by atoms with Gasteiger partial charge in [0.05, 0.1) is 12.4 Å². The van der Waals surface area contributed by atoms with Crippen molar-refractivity contribution in [3.05, 3.63) is 23.8 Å². The molecule has 1 unspecified atom stereocenters. The number of fused-ring (bicyclic) bond motifs is 1. The number of nitrogens with zero attached hydrogens (tertiary/aromatic N) is 1. The van der Waals surface area contributed by atoms with Crippen molar-refractivity contribution >= 4 is 31.3 Å². The molecule has 7 heteroatoms. The molecule has 108 valence electrons. The lowest BCUT2D eigenvalue weighted by Crippen LogP contribution is -2.25. The first kappa shape index (κ1) is 13.7. The molecular weight excluding hydrogens is 302 g/mol. The maximum Gasteiger partial charge on any atom is 0.232 e. The highest BCUT2D eigenvalue weighted by Crippen LogP contribution is 2.32. The average Bonchev–Trinajstić information content (AvgIpc) is 2.92. The van der Waals surface area contributed by atoms with E-state index in [-0.39, 0.29) is 24.0 Å². The molecule has 1 saturated heterocycles. The number of rotatable bonds is 3. The Kier molecular flexibility index (Phi) is 3.38. The molecule has 2 aliphatic rings. The van der Waals surface area contributed by atoms with E-state index in [4.69, 9.17) is 15.4 Å². The van der Waals surface area contributed by atoms with Crippen molar-refractivity contribution in [3.63, 3.8) is 0 Å². The van der Waals surface area contributed by atoms with Crippen LogP contribution >= 0.6 is 10.7 Å². The predicted molar refractivity (Wildman–Crippen MR) is 75.7 cm³/mol. The van der Waals surface area contributed by atoms with Gasteiger partial charge in [-0.05, 0) is 23.8 Å². The summed E-state index contributed by atoms with van der Waals surface area (Å²) in [6.45, 7) is 1.06. The first-order valence-electron chi connectivity index (χ1n) is 6.41. The normalized spacial score (nSPS) is 21.9. The fourth-order valence-electron chi connectivity index (χ4n) is 2.77.